The summed E-state index contributed by atoms with van der Waals surface area (Å²) >= 11 is 6.94. The monoisotopic (exact) mass is 520 g/mol. The largest absolute Gasteiger partial charge is 0.492 e. The summed E-state index contributed by atoms with van der Waals surface area (Å²) in [6.07, 6.45) is 0. The second-order valence-electron chi connectivity index (χ2n) is 6.96. The van der Waals surface area contributed by atoms with E-state index in [-0.39, 0.29) is 5.56 Å². The Morgan fingerprint density at radius 2 is 1.90 bits per heavy atom. The molecule has 1 aliphatic rings. The van der Waals surface area contributed by atoms with Crippen molar-refractivity contribution < 1.29 is 4.74 Å². The van der Waals surface area contributed by atoms with Gasteiger partial charge in [-0.2, -0.15) is 0 Å². The van der Waals surface area contributed by atoms with E-state index in [0.29, 0.717) is 29.9 Å². The van der Waals surface area contributed by atoms with Crippen molar-refractivity contribution in [3.05, 3.63) is 61.5 Å². The molecule has 1 aliphatic heterocycles. The Bertz CT molecular complexity index is 1080. The normalized spacial score (nSPS) is 15.1. The van der Waals surface area contributed by atoms with Gasteiger partial charge in [-0.3, -0.25) is 9.69 Å². The predicted octanol–water partition coefficient (Wildman–Crippen LogP) is 4.17. The van der Waals surface area contributed by atoms with Crippen molar-refractivity contribution in [3.63, 3.8) is 0 Å². The van der Waals surface area contributed by atoms with Crippen LogP contribution in [0.3, 0.4) is 0 Å². The highest BCUT2D eigenvalue weighted by molar-refractivity contribution is 9.11. The number of piperazine rings is 1. The van der Waals surface area contributed by atoms with Crippen LogP contribution >= 0.6 is 31.9 Å². The molecule has 0 unspecified atom stereocenters. The van der Waals surface area contributed by atoms with E-state index in [2.05, 4.69) is 57.7 Å². The first-order valence-electron chi connectivity index (χ1n) is 9.62. The number of H-pyrrole nitrogens is 1. The van der Waals surface area contributed by atoms with Crippen molar-refractivity contribution >= 4 is 48.5 Å². The fraction of sp³-hybridized carbons (Fsp3) is 0.333. The Hall–Kier alpha value is -1.90. The number of nitrogens with one attached hydrogen (secondary N) is 1. The topological polar surface area (TPSA) is 61.5 Å². The number of halogens is 2. The van der Waals surface area contributed by atoms with E-state index in [1.54, 1.807) is 6.07 Å². The Morgan fingerprint density at radius 1 is 1.14 bits per heavy atom. The SMILES string of the molecule is CCOc1ccccc1N1CCN(Cc2nc3c(Br)cc(Br)cc3c(=O)[nH]2)CC1. The zero-order valence-corrected chi connectivity index (χ0v) is 19.3. The van der Waals surface area contributed by atoms with Gasteiger partial charge in [-0.1, -0.05) is 28.1 Å². The van der Waals surface area contributed by atoms with E-state index in [1.165, 1.54) is 0 Å². The van der Waals surface area contributed by atoms with E-state index < -0.39 is 0 Å². The third-order valence-corrected chi connectivity index (χ3v) is 6.09. The molecule has 152 valence electrons. The molecule has 1 fully saturated rings. The molecule has 1 saturated heterocycles. The maximum Gasteiger partial charge on any atom is 0.258 e. The molecule has 3 aromatic rings. The Morgan fingerprint density at radius 3 is 2.66 bits per heavy atom. The van der Waals surface area contributed by atoms with Gasteiger partial charge in [0.25, 0.3) is 5.56 Å². The summed E-state index contributed by atoms with van der Waals surface area (Å²) in [5.74, 6) is 1.62. The molecule has 2 heterocycles. The van der Waals surface area contributed by atoms with Gasteiger partial charge < -0.3 is 14.6 Å². The van der Waals surface area contributed by atoms with Gasteiger partial charge in [0.1, 0.15) is 11.6 Å². The first-order valence-corrected chi connectivity index (χ1v) is 11.2. The van der Waals surface area contributed by atoms with Crippen molar-refractivity contribution in [1.82, 2.24) is 14.9 Å². The lowest BCUT2D eigenvalue weighted by Crippen LogP contribution is -2.46. The smallest absolute Gasteiger partial charge is 0.258 e. The minimum atomic E-state index is -0.115. The van der Waals surface area contributed by atoms with Gasteiger partial charge in [-0.25, -0.2) is 4.98 Å². The average Bonchev–Trinajstić information content (AvgIpc) is 2.70. The molecular weight excluding hydrogens is 500 g/mol. The van der Waals surface area contributed by atoms with Crippen molar-refractivity contribution in [2.45, 2.75) is 13.5 Å². The summed E-state index contributed by atoms with van der Waals surface area (Å²) in [7, 11) is 0. The quantitative estimate of drug-likeness (QED) is 0.546. The van der Waals surface area contributed by atoms with Gasteiger partial charge in [0.05, 0.1) is 29.7 Å². The number of hydrogen-bond donors (Lipinski definition) is 1. The molecule has 0 amide bonds. The predicted molar refractivity (Wildman–Crippen MR) is 123 cm³/mol. The Kier molecular flexibility index (Phi) is 6.22. The molecule has 2 aromatic carbocycles. The minimum Gasteiger partial charge on any atom is -0.492 e. The molecule has 0 spiro atoms. The number of ether oxygens (including phenoxy) is 1. The van der Waals surface area contributed by atoms with Crippen LogP contribution in [0.2, 0.25) is 0 Å². The van der Waals surface area contributed by atoms with Gasteiger partial charge in [0.15, 0.2) is 0 Å². The van der Waals surface area contributed by atoms with Crippen LogP contribution in [0.1, 0.15) is 12.7 Å². The molecule has 0 radical (unpaired) electrons. The lowest BCUT2D eigenvalue weighted by atomic mass is 10.2. The van der Waals surface area contributed by atoms with Crippen LogP contribution in [0, 0.1) is 0 Å². The van der Waals surface area contributed by atoms with E-state index in [9.17, 15) is 4.79 Å². The molecule has 0 saturated carbocycles. The summed E-state index contributed by atoms with van der Waals surface area (Å²) < 4.78 is 7.43. The third kappa shape index (κ3) is 4.49. The van der Waals surface area contributed by atoms with E-state index >= 15 is 0 Å². The van der Waals surface area contributed by atoms with Gasteiger partial charge in [0.2, 0.25) is 0 Å². The van der Waals surface area contributed by atoms with Crippen LogP contribution in [-0.4, -0.2) is 47.7 Å². The van der Waals surface area contributed by atoms with Gasteiger partial charge in [0, 0.05) is 35.1 Å². The number of nitrogens with zero attached hydrogens (tertiary/aromatic N) is 3. The second-order valence-corrected chi connectivity index (χ2v) is 8.73. The number of hydrogen-bond acceptors (Lipinski definition) is 5. The number of para-hydroxylation sites is 2. The lowest BCUT2D eigenvalue weighted by molar-refractivity contribution is 0.243. The van der Waals surface area contributed by atoms with Crippen molar-refractivity contribution in [3.8, 4) is 5.75 Å². The summed E-state index contributed by atoms with van der Waals surface area (Å²) in [5.41, 5.74) is 1.72. The fourth-order valence-corrected chi connectivity index (χ4v) is 4.96. The van der Waals surface area contributed by atoms with Crippen LogP contribution in [0.4, 0.5) is 5.69 Å². The first kappa shape index (κ1) is 20.4. The fourth-order valence-electron chi connectivity index (χ4n) is 3.64. The number of aromatic nitrogens is 2. The molecule has 4 rings (SSSR count). The highest BCUT2D eigenvalue weighted by Crippen LogP contribution is 2.29. The number of aromatic amines is 1. The maximum atomic E-state index is 12.5. The Balaban J connectivity index is 1.47. The average molecular weight is 522 g/mol. The molecule has 29 heavy (non-hydrogen) atoms. The molecule has 0 atom stereocenters. The van der Waals surface area contributed by atoms with E-state index in [0.717, 1.165) is 46.6 Å². The van der Waals surface area contributed by atoms with E-state index in [1.807, 2.05) is 31.2 Å². The summed E-state index contributed by atoms with van der Waals surface area (Å²) in [5, 5.41) is 0.576. The highest BCUT2D eigenvalue weighted by Gasteiger charge is 2.20. The summed E-state index contributed by atoms with van der Waals surface area (Å²) in [6.45, 7) is 6.87. The van der Waals surface area contributed by atoms with Gasteiger partial charge in [-0.05, 0) is 47.1 Å². The lowest BCUT2D eigenvalue weighted by Gasteiger charge is -2.36. The third-order valence-electron chi connectivity index (χ3n) is 5.03. The number of benzene rings is 2. The number of fused-ring (bicyclic) bond motifs is 1. The van der Waals surface area contributed by atoms with Gasteiger partial charge in [-0.15, -0.1) is 0 Å². The van der Waals surface area contributed by atoms with Crippen LogP contribution in [0.25, 0.3) is 10.9 Å². The van der Waals surface area contributed by atoms with Crippen LogP contribution < -0.4 is 15.2 Å². The molecule has 0 aliphatic carbocycles. The standard InChI is InChI=1S/C21H22Br2N4O2/c1-2-29-18-6-4-3-5-17(18)27-9-7-26(8-10-27)13-19-24-20-15(21(28)25-19)11-14(22)12-16(20)23/h3-6,11-12H,2,7-10,13H2,1H3,(H,24,25,28). The Labute approximate surface area is 186 Å². The van der Waals surface area contributed by atoms with Crippen LogP contribution in [0.5, 0.6) is 5.75 Å². The number of anilines is 1. The first-order chi connectivity index (χ1) is 14.0. The van der Waals surface area contributed by atoms with Crippen molar-refractivity contribution in [1.29, 1.82) is 0 Å². The molecule has 0 bridgehead atoms. The summed E-state index contributed by atoms with van der Waals surface area (Å²) in [6, 6.07) is 11.9. The molecule has 1 aromatic heterocycles. The van der Waals surface area contributed by atoms with Crippen molar-refractivity contribution in [2.24, 2.45) is 0 Å². The second kappa shape index (κ2) is 8.85. The maximum absolute atomic E-state index is 12.5. The summed E-state index contributed by atoms with van der Waals surface area (Å²) in [4.78, 5) is 24.8. The highest BCUT2D eigenvalue weighted by atomic mass is 79.9. The molecular formula is C21H22Br2N4O2. The van der Waals surface area contributed by atoms with Crippen molar-refractivity contribution in [2.75, 3.05) is 37.7 Å². The van der Waals surface area contributed by atoms with Gasteiger partial charge >= 0.3 is 0 Å². The minimum absolute atomic E-state index is 0.115. The zero-order valence-electron chi connectivity index (χ0n) is 16.1. The zero-order chi connectivity index (χ0) is 20.4. The van der Waals surface area contributed by atoms with Crippen LogP contribution in [-0.2, 0) is 6.54 Å². The number of rotatable bonds is 5. The van der Waals surface area contributed by atoms with E-state index in [4.69, 9.17) is 4.74 Å². The molecule has 8 heteroatoms. The molecule has 6 nitrogen and oxygen atoms in total. The molecule has 1 N–H and O–H groups in total. The van der Waals surface area contributed by atoms with Crippen LogP contribution in [0.15, 0.2) is 50.1 Å².